The van der Waals surface area contributed by atoms with Crippen LogP contribution in [0.25, 0.3) is 0 Å². The number of nitrogens with one attached hydrogen (secondary N) is 1. The summed E-state index contributed by atoms with van der Waals surface area (Å²) in [5.41, 5.74) is 2.55. The number of hydrogen-bond acceptors (Lipinski definition) is 3. The Balaban J connectivity index is 2.24. The van der Waals surface area contributed by atoms with E-state index in [9.17, 15) is 4.79 Å². The number of amides is 2. The molecule has 0 spiro atoms. The van der Waals surface area contributed by atoms with Crippen LogP contribution in [0.5, 0.6) is 0 Å². The van der Waals surface area contributed by atoms with Gasteiger partial charge in [-0.15, -0.1) is 0 Å². The number of carbonyl (C=O) groups excluding carboxylic acids is 1. The van der Waals surface area contributed by atoms with Crippen LogP contribution in [0.1, 0.15) is 12.8 Å². The van der Waals surface area contributed by atoms with Crippen molar-refractivity contribution in [2.24, 2.45) is 0 Å². The molecule has 2 amide bonds. The molecule has 11 heavy (non-hydrogen) atoms. The fourth-order valence-corrected chi connectivity index (χ4v) is 1.04. The first kappa shape index (κ1) is 8.29. The van der Waals surface area contributed by atoms with Gasteiger partial charge in [-0.3, -0.25) is 10.6 Å². The van der Waals surface area contributed by atoms with Crippen molar-refractivity contribution in [1.29, 1.82) is 0 Å². The highest BCUT2D eigenvalue weighted by atomic mass is 16.5. The summed E-state index contributed by atoms with van der Waals surface area (Å²) in [6.07, 6.45) is 2.21. The number of urea groups is 1. The summed E-state index contributed by atoms with van der Waals surface area (Å²) in [7, 11) is 1.30. The Kier molecular flexibility index (Phi) is 2.67. The van der Waals surface area contributed by atoms with E-state index in [0.717, 1.165) is 25.9 Å². The molecule has 0 aromatic carbocycles. The fraction of sp³-hybridized carbons (Fsp3) is 0.833. The van der Waals surface area contributed by atoms with E-state index in [0.29, 0.717) is 5.06 Å². The minimum Gasteiger partial charge on any atom is -0.285 e. The number of nitrogens with zero attached hydrogens (tertiary/aromatic N) is 2. The van der Waals surface area contributed by atoms with Gasteiger partial charge in [0.15, 0.2) is 0 Å². The number of hydrogen-bond donors (Lipinski definition) is 2. The summed E-state index contributed by atoms with van der Waals surface area (Å²) >= 11 is 0. The Bertz CT molecular complexity index is 143. The van der Waals surface area contributed by atoms with Gasteiger partial charge in [-0.2, -0.15) is 0 Å². The van der Waals surface area contributed by atoms with Gasteiger partial charge in [-0.25, -0.2) is 14.9 Å². The summed E-state index contributed by atoms with van der Waals surface area (Å²) < 4.78 is 0. The van der Waals surface area contributed by atoms with Gasteiger partial charge in [-0.1, -0.05) is 0 Å². The Labute approximate surface area is 65.5 Å². The van der Waals surface area contributed by atoms with Crippen LogP contribution in [0.2, 0.25) is 0 Å². The lowest BCUT2D eigenvalue weighted by atomic mass is 10.4. The average Bonchev–Trinajstić information content (AvgIpc) is 2.39. The van der Waals surface area contributed by atoms with Gasteiger partial charge in [0.2, 0.25) is 0 Å². The summed E-state index contributed by atoms with van der Waals surface area (Å²) in [6.45, 7) is 1.75. The lowest BCUT2D eigenvalue weighted by molar-refractivity contribution is -0.0259. The van der Waals surface area contributed by atoms with Crippen LogP contribution < -0.4 is 5.43 Å². The minimum atomic E-state index is -0.480. The van der Waals surface area contributed by atoms with E-state index >= 15 is 0 Å². The van der Waals surface area contributed by atoms with Crippen LogP contribution in [0.4, 0.5) is 4.79 Å². The topological polar surface area (TPSA) is 55.8 Å². The normalized spacial score (nSPS) is 18.4. The molecule has 0 unspecified atom stereocenters. The second-order valence-corrected chi connectivity index (χ2v) is 2.63. The van der Waals surface area contributed by atoms with E-state index < -0.39 is 6.03 Å². The van der Waals surface area contributed by atoms with Crippen LogP contribution >= 0.6 is 0 Å². The number of hydrazine groups is 1. The first-order valence-corrected chi connectivity index (χ1v) is 3.68. The maximum Gasteiger partial charge on any atom is 0.355 e. The summed E-state index contributed by atoms with van der Waals surface area (Å²) in [5.74, 6) is 0. The molecule has 5 heteroatoms. The van der Waals surface area contributed by atoms with Crippen molar-refractivity contribution in [3.63, 3.8) is 0 Å². The maximum atomic E-state index is 10.8. The van der Waals surface area contributed by atoms with Crippen molar-refractivity contribution in [1.82, 2.24) is 15.5 Å². The average molecular weight is 159 g/mol. The van der Waals surface area contributed by atoms with E-state index in [1.165, 1.54) is 7.05 Å². The lowest BCUT2D eigenvalue weighted by Gasteiger charge is -2.18. The minimum absolute atomic E-state index is 0.480. The largest absolute Gasteiger partial charge is 0.355 e. The van der Waals surface area contributed by atoms with Crippen molar-refractivity contribution >= 4 is 6.03 Å². The molecule has 1 aliphatic rings. The maximum absolute atomic E-state index is 10.8. The van der Waals surface area contributed by atoms with E-state index in [1.807, 2.05) is 0 Å². The Morgan fingerprint density at radius 2 is 2.09 bits per heavy atom. The molecule has 0 aromatic heterocycles. The van der Waals surface area contributed by atoms with Crippen molar-refractivity contribution in [3.8, 4) is 0 Å². The van der Waals surface area contributed by atoms with Crippen molar-refractivity contribution in [2.45, 2.75) is 12.8 Å². The summed E-state index contributed by atoms with van der Waals surface area (Å²) in [4.78, 5) is 10.8. The highest BCUT2D eigenvalue weighted by Gasteiger charge is 2.14. The number of carbonyl (C=O) groups is 1. The third kappa shape index (κ3) is 2.36. The van der Waals surface area contributed by atoms with Crippen LogP contribution in [0.3, 0.4) is 0 Å². The van der Waals surface area contributed by atoms with Crippen molar-refractivity contribution in [3.05, 3.63) is 0 Å². The predicted octanol–water partition coefficient (Wildman–Crippen LogP) is 0.0278. The first-order chi connectivity index (χ1) is 5.20. The molecule has 0 radical (unpaired) electrons. The Hall–Kier alpha value is -0.810. The van der Waals surface area contributed by atoms with Gasteiger partial charge in [0.05, 0.1) is 0 Å². The van der Waals surface area contributed by atoms with Crippen LogP contribution in [-0.4, -0.2) is 41.4 Å². The van der Waals surface area contributed by atoms with Gasteiger partial charge in [0.25, 0.3) is 0 Å². The van der Waals surface area contributed by atoms with E-state index in [2.05, 4.69) is 5.43 Å². The zero-order valence-corrected chi connectivity index (χ0v) is 6.58. The van der Waals surface area contributed by atoms with Gasteiger partial charge in [0.1, 0.15) is 0 Å². The Morgan fingerprint density at radius 1 is 1.55 bits per heavy atom. The molecule has 1 saturated heterocycles. The molecule has 0 bridgehead atoms. The van der Waals surface area contributed by atoms with E-state index in [4.69, 9.17) is 5.21 Å². The molecule has 0 atom stereocenters. The van der Waals surface area contributed by atoms with Crippen LogP contribution in [0, 0.1) is 0 Å². The van der Waals surface area contributed by atoms with Gasteiger partial charge >= 0.3 is 6.03 Å². The molecular formula is C6H13N3O2. The predicted molar refractivity (Wildman–Crippen MR) is 38.9 cm³/mol. The number of rotatable bonds is 1. The molecule has 0 aromatic rings. The molecule has 0 aliphatic carbocycles. The first-order valence-electron chi connectivity index (χ1n) is 3.68. The molecule has 1 aliphatic heterocycles. The molecular weight excluding hydrogens is 146 g/mol. The highest BCUT2D eigenvalue weighted by molar-refractivity contribution is 5.71. The third-order valence-electron chi connectivity index (χ3n) is 1.65. The second-order valence-electron chi connectivity index (χ2n) is 2.63. The summed E-state index contributed by atoms with van der Waals surface area (Å²) in [5, 5.41) is 11.0. The Morgan fingerprint density at radius 3 is 2.55 bits per heavy atom. The highest BCUT2D eigenvalue weighted by Crippen LogP contribution is 2.03. The second kappa shape index (κ2) is 3.54. The van der Waals surface area contributed by atoms with Gasteiger partial charge < -0.3 is 0 Å². The molecule has 1 heterocycles. The standard InChI is InChI=1S/C6H13N3O2/c1-8(11)6(10)7-9-4-2-3-5-9/h11H,2-5H2,1H3,(H,7,10). The number of hydroxylamine groups is 2. The monoisotopic (exact) mass is 159 g/mol. The van der Waals surface area contributed by atoms with Crippen molar-refractivity contribution in [2.75, 3.05) is 20.1 Å². The third-order valence-corrected chi connectivity index (χ3v) is 1.65. The molecule has 0 saturated carbocycles. The van der Waals surface area contributed by atoms with Gasteiger partial charge in [-0.05, 0) is 12.8 Å². The fourth-order valence-electron chi connectivity index (χ4n) is 1.04. The molecule has 5 nitrogen and oxygen atoms in total. The molecule has 1 fully saturated rings. The van der Waals surface area contributed by atoms with E-state index in [-0.39, 0.29) is 0 Å². The van der Waals surface area contributed by atoms with Gasteiger partial charge in [0, 0.05) is 20.1 Å². The quantitative estimate of drug-likeness (QED) is 0.419. The van der Waals surface area contributed by atoms with E-state index in [1.54, 1.807) is 5.01 Å². The zero-order chi connectivity index (χ0) is 8.27. The van der Waals surface area contributed by atoms with Crippen LogP contribution in [-0.2, 0) is 0 Å². The van der Waals surface area contributed by atoms with Crippen molar-refractivity contribution < 1.29 is 10.0 Å². The smallest absolute Gasteiger partial charge is 0.285 e. The zero-order valence-electron chi connectivity index (χ0n) is 6.58. The SMILES string of the molecule is CN(O)C(=O)NN1CCCC1. The summed E-state index contributed by atoms with van der Waals surface area (Å²) in [6, 6.07) is -0.480. The molecule has 1 rings (SSSR count). The van der Waals surface area contributed by atoms with Crippen LogP contribution in [0.15, 0.2) is 0 Å². The lowest BCUT2D eigenvalue weighted by Crippen LogP contribution is -2.45. The molecule has 2 N–H and O–H groups in total. The molecule has 64 valence electrons.